The molecule has 0 bridgehead atoms. The Kier molecular flexibility index (Phi) is 7.29. The highest BCUT2D eigenvalue weighted by Gasteiger charge is 2.25. The van der Waals surface area contributed by atoms with Gasteiger partial charge in [-0.3, -0.25) is 14.9 Å². The van der Waals surface area contributed by atoms with Gasteiger partial charge in [-0.05, 0) is 42.7 Å². The Balaban J connectivity index is 1.64. The third-order valence-corrected chi connectivity index (χ3v) is 6.94. The van der Waals surface area contributed by atoms with Crippen molar-refractivity contribution >= 4 is 21.7 Å². The van der Waals surface area contributed by atoms with E-state index in [0.717, 1.165) is 18.4 Å². The van der Waals surface area contributed by atoms with Crippen LogP contribution in [0, 0.1) is 0 Å². The second kappa shape index (κ2) is 9.93. The number of ether oxygens (including phenoxy) is 1. The zero-order valence-corrected chi connectivity index (χ0v) is 18.4. The molecule has 2 amide bonds. The van der Waals surface area contributed by atoms with E-state index in [1.165, 1.54) is 7.05 Å². The van der Waals surface area contributed by atoms with Crippen LogP contribution in [0.15, 0.2) is 58.3 Å². The quantitative estimate of drug-likeness (QED) is 0.628. The Morgan fingerprint density at radius 1 is 1.10 bits per heavy atom. The van der Waals surface area contributed by atoms with E-state index < -0.39 is 9.84 Å². The van der Waals surface area contributed by atoms with E-state index in [0.29, 0.717) is 12.3 Å². The van der Waals surface area contributed by atoms with Gasteiger partial charge in [0, 0.05) is 14.1 Å². The summed E-state index contributed by atoms with van der Waals surface area (Å²) in [7, 11) is -0.417. The predicted molar refractivity (Wildman–Crippen MR) is 116 cm³/mol. The van der Waals surface area contributed by atoms with Crippen molar-refractivity contribution in [2.24, 2.45) is 0 Å². The van der Waals surface area contributed by atoms with Crippen LogP contribution in [-0.4, -0.2) is 65.0 Å². The second-order valence-electron chi connectivity index (χ2n) is 7.42. The summed E-state index contributed by atoms with van der Waals surface area (Å²) in [6, 6.07) is 13.2. The number of nitrogens with zero attached hydrogens (tertiary/aromatic N) is 1. The maximum atomic E-state index is 12.9. The van der Waals surface area contributed by atoms with Gasteiger partial charge in [0.25, 0.3) is 0 Å². The van der Waals surface area contributed by atoms with Crippen LogP contribution in [0.4, 0.5) is 0 Å². The number of nitrogens with one attached hydrogen (secondary N) is 2. The summed E-state index contributed by atoms with van der Waals surface area (Å²) >= 11 is 0. The Morgan fingerprint density at radius 2 is 1.84 bits per heavy atom. The fraction of sp³-hybridized carbons (Fsp3) is 0.364. The largest absolute Gasteiger partial charge is 0.488 e. The van der Waals surface area contributed by atoms with Crippen LogP contribution >= 0.6 is 0 Å². The van der Waals surface area contributed by atoms with Gasteiger partial charge in [-0.2, -0.15) is 0 Å². The Labute approximate surface area is 182 Å². The zero-order chi connectivity index (χ0) is 22.4. The average Bonchev–Trinajstić information content (AvgIpc) is 2.78. The highest BCUT2D eigenvalue weighted by atomic mass is 32.2. The Morgan fingerprint density at radius 3 is 2.55 bits per heavy atom. The number of carbonyl (C=O) groups is 2. The van der Waals surface area contributed by atoms with Gasteiger partial charge >= 0.3 is 0 Å². The van der Waals surface area contributed by atoms with Gasteiger partial charge in [-0.1, -0.05) is 24.3 Å². The molecule has 3 rings (SSSR count). The second-order valence-corrected chi connectivity index (χ2v) is 9.37. The molecule has 1 aliphatic rings. The molecule has 2 N–H and O–H groups in total. The fourth-order valence-corrected chi connectivity index (χ4v) is 4.65. The lowest BCUT2D eigenvalue weighted by Crippen LogP contribution is -2.43. The monoisotopic (exact) mass is 445 g/mol. The van der Waals surface area contributed by atoms with Crippen molar-refractivity contribution in [3.8, 4) is 5.75 Å². The molecule has 9 heteroatoms. The molecule has 8 nitrogen and oxygen atoms in total. The first kappa shape index (κ1) is 22.8. The first-order valence-corrected chi connectivity index (χ1v) is 11.5. The SMILES string of the molecule is CNC(=O)CNCC(=O)N(C)C[C@H]1CCc2ccc(S(=O)(=O)c3ccccc3)cc2O1. The number of fused-ring (bicyclic) bond motifs is 1. The maximum absolute atomic E-state index is 12.9. The van der Waals surface area contributed by atoms with Crippen molar-refractivity contribution in [2.75, 3.05) is 33.7 Å². The molecule has 0 radical (unpaired) electrons. The van der Waals surface area contributed by atoms with E-state index in [1.54, 1.807) is 60.5 Å². The van der Waals surface area contributed by atoms with Crippen LogP contribution in [0.25, 0.3) is 0 Å². The van der Waals surface area contributed by atoms with E-state index >= 15 is 0 Å². The first-order valence-electron chi connectivity index (χ1n) is 10.1. The summed E-state index contributed by atoms with van der Waals surface area (Å²) in [4.78, 5) is 25.5. The molecule has 2 aromatic rings. The molecule has 1 atom stereocenters. The number of carbonyl (C=O) groups excluding carboxylic acids is 2. The Bertz CT molecular complexity index is 1040. The van der Waals surface area contributed by atoms with E-state index in [2.05, 4.69) is 10.6 Å². The average molecular weight is 446 g/mol. The van der Waals surface area contributed by atoms with Crippen molar-refractivity contribution < 1.29 is 22.7 Å². The Hall–Kier alpha value is -2.91. The van der Waals surface area contributed by atoms with Crippen LogP contribution < -0.4 is 15.4 Å². The van der Waals surface area contributed by atoms with Crippen molar-refractivity contribution in [1.29, 1.82) is 0 Å². The fourth-order valence-electron chi connectivity index (χ4n) is 3.35. The summed E-state index contributed by atoms with van der Waals surface area (Å²) in [6.45, 7) is 0.490. The lowest BCUT2D eigenvalue weighted by atomic mass is 10.0. The topological polar surface area (TPSA) is 105 Å². The van der Waals surface area contributed by atoms with Crippen molar-refractivity contribution in [3.63, 3.8) is 0 Å². The number of amides is 2. The molecule has 1 heterocycles. The molecule has 1 aliphatic heterocycles. The summed E-state index contributed by atoms with van der Waals surface area (Å²) in [6.07, 6.45) is 1.22. The van der Waals surface area contributed by atoms with Crippen molar-refractivity contribution in [2.45, 2.75) is 28.7 Å². The third-order valence-electron chi connectivity index (χ3n) is 5.18. The highest BCUT2D eigenvalue weighted by Crippen LogP contribution is 2.32. The molecule has 0 saturated heterocycles. The van der Waals surface area contributed by atoms with E-state index in [1.807, 2.05) is 0 Å². The van der Waals surface area contributed by atoms with Gasteiger partial charge in [-0.25, -0.2) is 8.42 Å². The summed E-state index contributed by atoms with van der Waals surface area (Å²) in [5.41, 5.74) is 0.949. The van der Waals surface area contributed by atoms with Gasteiger partial charge in [0.2, 0.25) is 21.7 Å². The van der Waals surface area contributed by atoms with Crippen LogP contribution in [-0.2, 0) is 25.8 Å². The van der Waals surface area contributed by atoms with Crippen LogP contribution in [0.1, 0.15) is 12.0 Å². The molecule has 0 unspecified atom stereocenters. The normalized spacial score (nSPS) is 15.5. The third kappa shape index (κ3) is 5.62. The van der Waals surface area contributed by atoms with Gasteiger partial charge in [-0.15, -0.1) is 0 Å². The van der Waals surface area contributed by atoms with Crippen LogP contribution in [0.3, 0.4) is 0 Å². The molecule has 2 aromatic carbocycles. The van der Waals surface area contributed by atoms with E-state index in [4.69, 9.17) is 4.74 Å². The van der Waals surface area contributed by atoms with Gasteiger partial charge in [0.1, 0.15) is 11.9 Å². The van der Waals surface area contributed by atoms with E-state index in [-0.39, 0.29) is 40.8 Å². The molecular formula is C22H27N3O5S. The number of hydrogen-bond acceptors (Lipinski definition) is 6. The standard InChI is InChI=1S/C22H27N3O5S/c1-23-21(26)13-24-14-22(27)25(2)15-17-10-8-16-9-11-19(12-20(16)30-17)31(28,29)18-6-4-3-5-7-18/h3-7,9,11-12,17,24H,8,10,13-15H2,1-2H3,(H,23,26)/t17-/m1/s1. The number of hydrogen-bond donors (Lipinski definition) is 2. The van der Waals surface area contributed by atoms with Crippen LogP contribution in [0.5, 0.6) is 5.75 Å². The molecule has 0 aliphatic carbocycles. The number of likely N-dealkylation sites (N-methyl/N-ethyl adjacent to an activating group) is 2. The molecule has 0 spiro atoms. The first-order chi connectivity index (χ1) is 14.8. The minimum absolute atomic E-state index is 0.0483. The number of aryl methyl sites for hydroxylation is 1. The van der Waals surface area contributed by atoms with Gasteiger partial charge in [0.15, 0.2) is 0 Å². The molecule has 166 valence electrons. The predicted octanol–water partition coefficient (Wildman–Crippen LogP) is 1.01. The number of sulfone groups is 1. The smallest absolute Gasteiger partial charge is 0.236 e. The molecule has 0 saturated carbocycles. The number of rotatable bonds is 8. The van der Waals surface area contributed by atoms with Gasteiger partial charge < -0.3 is 15.0 Å². The van der Waals surface area contributed by atoms with Crippen molar-refractivity contribution in [1.82, 2.24) is 15.5 Å². The molecule has 0 aromatic heterocycles. The molecular weight excluding hydrogens is 418 g/mol. The minimum atomic E-state index is -3.63. The highest BCUT2D eigenvalue weighted by molar-refractivity contribution is 7.91. The summed E-state index contributed by atoms with van der Waals surface area (Å²) in [5, 5.41) is 5.28. The van der Waals surface area contributed by atoms with Crippen molar-refractivity contribution in [3.05, 3.63) is 54.1 Å². The lowest BCUT2D eigenvalue weighted by Gasteiger charge is -2.30. The minimum Gasteiger partial charge on any atom is -0.488 e. The molecule has 0 fully saturated rings. The summed E-state index contributed by atoms with van der Waals surface area (Å²) in [5.74, 6) is 0.189. The number of benzene rings is 2. The van der Waals surface area contributed by atoms with E-state index in [9.17, 15) is 18.0 Å². The zero-order valence-electron chi connectivity index (χ0n) is 17.6. The lowest BCUT2D eigenvalue weighted by molar-refractivity contribution is -0.130. The van der Waals surface area contributed by atoms with Crippen LogP contribution in [0.2, 0.25) is 0 Å². The maximum Gasteiger partial charge on any atom is 0.236 e. The summed E-state index contributed by atoms with van der Waals surface area (Å²) < 4.78 is 31.8. The molecule has 31 heavy (non-hydrogen) atoms. The van der Waals surface area contributed by atoms with Gasteiger partial charge in [0.05, 0.1) is 29.4 Å².